The number of likely N-dealkylation sites (tertiary alicyclic amines) is 1. The Balaban J connectivity index is 2.00. The first-order chi connectivity index (χ1) is 28.8. The molecule has 7 amide bonds. The second-order valence-electron chi connectivity index (χ2n) is 16.6. The predicted molar refractivity (Wildman–Crippen MR) is 222 cm³/mol. The number of hydrogen-bond acceptors (Lipinski definition) is 8. The molecule has 3 rings (SSSR count). The average molecular weight is 925 g/mol. The highest BCUT2D eigenvalue weighted by Crippen LogP contribution is 2.34. The van der Waals surface area contributed by atoms with E-state index in [1.165, 1.54) is 30.8 Å². The second-order valence-corrected chi connectivity index (χ2v) is 17.5. The fourth-order valence-electron chi connectivity index (χ4n) is 7.51. The van der Waals surface area contributed by atoms with E-state index < -0.39 is 109 Å². The second kappa shape index (κ2) is 21.9. The number of carbonyl (C=O) groups is 7. The zero-order chi connectivity index (χ0) is 47.0. The van der Waals surface area contributed by atoms with Crippen LogP contribution >= 0.6 is 23.2 Å². The van der Waals surface area contributed by atoms with Crippen molar-refractivity contribution in [2.24, 2.45) is 5.92 Å². The van der Waals surface area contributed by atoms with E-state index in [0.717, 1.165) is 4.90 Å². The lowest BCUT2D eigenvalue weighted by atomic mass is 9.98. The van der Waals surface area contributed by atoms with Crippen LogP contribution in [0.3, 0.4) is 0 Å². The van der Waals surface area contributed by atoms with Crippen molar-refractivity contribution in [3.63, 3.8) is 0 Å². The number of nitrogens with zero attached hydrogens (tertiary/aromatic N) is 4. The maximum Gasteiger partial charge on any atom is 0.426 e. The number of alkyl halides is 4. The van der Waals surface area contributed by atoms with E-state index in [-0.39, 0.29) is 62.9 Å². The molecule has 62 heavy (non-hydrogen) atoms. The van der Waals surface area contributed by atoms with Gasteiger partial charge in [-0.25, -0.2) is 4.39 Å². The van der Waals surface area contributed by atoms with Crippen molar-refractivity contribution in [2.75, 3.05) is 34.2 Å². The van der Waals surface area contributed by atoms with Crippen molar-refractivity contribution < 1.29 is 56.2 Å². The number of benzene rings is 1. The molecule has 348 valence electrons. The van der Waals surface area contributed by atoms with E-state index in [1.54, 1.807) is 32.2 Å². The summed E-state index contributed by atoms with van der Waals surface area (Å²) in [6.45, 7) is 6.37. The van der Waals surface area contributed by atoms with Gasteiger partial charge in [-0.2, -0.15) is 13.2 Å². The molecular formula is C41H59Cl2F4N7O8. The molecule has 0 aliphatic carbocycles. The summed E-state index contributed by atoms with van der Waals surface area (Å²) < 4.78 is 55.2. The Morgan fingerprint density at radius 1 is 1.00 bits per heavy atom. The smallest absolute Gasteiger partial charge is 0.373 e. The minimum atomic E-state index is -5.44. The summed E-state index contributed by atoms with van der Waals surface area (Å²) in [5, 5.41) is 18.6. The topological polar surface area (TPSA) is 189 Å². The van der Waals surface area contributed by atoms with Gasteiger partial charge in [-0.15, -0.1) is 0 Å². The Hall–Kier alpha value is -4.23. The molecule has 0 aromatic heterocycles. The van der Waals surface area contributed by atoms with Crippen LogP contribution in [0.4, 0.5) is 17.6 Å². The highest BCUT2D eigenvalue weighted by atomic mass is 35.5. The third kappa shape index (κ3) is 12.7. The standard InChI is InChI=1S/C41H59Cl2F4N7O8/c1-9-27-36(58)51(6)16-12-11-13-30(52(7)37(59)28(10-2)49-35(57)32-20-25(44)21-54(32)39(61)40(5,62)41(45,46)47)33(55)50-29(17-22(3)4)38(60)53(8)31(34(56)48-27)19-23-18-24(42)14-15-26(23)43/h14-15,18,22,25,27-32,62H,9-13,16-17,19-21H2,1-8H3,(H,48,56)(H,49,57)(H,50,55)/t25-,27-,28+,29+,30+,31+,32+,40-/m1/s1. The molecule has 0 bridgehead atoms. The van der Waals surface area contributed by atoms with Crippen LogP contribution in [0.5, 0.6) is 0 Å². The number of carbonyl (C=O) groups excluding carboxylic acids is 7. The third-order valence-corrected chi connectivity index (χ3v) is 12.0. The Labute approximate surface area is 369 Å². The molecule has 8 atom stereocenters. The van der Waals surface area contributed by atoms with Gasteiger partial charge in [0.1, 0.15) is 42.4 Å². The van der Waals surface area contributed by atoms with Crippen LogP contribution in [0.25, 0.3) is 0 Å². The summed E-state index contributed by atoms with van der Waals surface area (Å²) in [7, 11) is 4.24. The zero-order valence-corrected chi connectivity index (χ0v) is 37.8. The Morgan fingerprint density at radius 3 is 2.21 bits per heavy atom. The van der Waals surface area contributed by atoms with Crippen molar-refractivity contribution in [1.29, 1.82) is 0 Å². The monoisotopic (exact) mass is 923 g/mol. The van der Waals surface area contributed by atoms with Crippen LogP contribution in [0.1, 0.15) is 85.1 Å². The lowest BCUT2D eigenvalue weighted by Gasteiger charge is -2.36. The van der Waals surface area contributed by atoms with Crippen LogP contribution in [-0.4, -0.2) is 154 Å². The Morgan fingerprint density at radius 2 is 1.63 bits per heavy atom. The van der Waals surface area contributed by atoms with Crippen LogP contribution in [0.2, 0.25) is 10.0 Å². The van der Waals surface area contributed by atoms with Crippen molar-refractivity contribution in [3.05, 3.63) is 33.8 Å². The summed E-state index contributed by atoms with van der Waals surface area (Å²) in [5.74, 6) is -6.52. The molecule has 2 aliphatic rings. The van der Waals surface area contributed by atoms with E-state index in [2.05, 4.69) is 16.0 Å². The molecular weight excluding hydrogens is 865 g/mol. The van der Waals surface area contributed by atoms with Crippen molar-refractivity contribution >= 4 is 64.6 Å². The van der Waals surface area contributed by atoms with E-state index in [0.29, 0.717) is 21.9 Å². The van der Waals surface area contributed by atoms with E-state index in [1.807, 2.05) is 13.8 Å². The first-order valence-corrected chi connectivity index (χ1v) is 21.4. The molecule has 4 N–H and O–H groups in total. The average Bonchev–Trinajstić information content (AvgIpc) is 3.60. The Kier molecular flexibility index (Phi) is 18.4. The van der Waals surface area contributed by atoms with E-state index in [4.69, 9.17) is 23.2 Å². The summed E-state index contributed by atoms with van der Waals surface area (Å²) in [6.07, 6.45) is -7.27. The van der Waals surface area contributed by atoms with E-state index in [9.17, 15) is 56.2 Å². The number of hydrogen-bond donors (Lipinski definition) is 4. The molecule has 1 aromatic carbocycles. The lowest BCUT2D eigenvalue weighted by Crippen LogP contribution is -2.61. The zero-order valence-electron chi connectivity index (χ0n) is 36.3. The van der Waals surface area contributed by atoms with Crippen molar-refractivity contribution in [1.82, 2.24) is 35.6 Å². The predicted octanol–water partition coefficient (Wildman–Crippen LogP) is 3.41. The number of rotatable bonds is 11. The normalized spacial score (nSPS) is 25.3. The SMILES string of the molecule is CC[C@H](NC(=O)[C@@H]1C[C@@H](F)CN1C(=O)[C@@](C)(O)C(F)(F)F)C(=O)N(C)[C@H]1CCCCN(C)C(=O)[C@@H](CC)NC(=O)[C@H](Cc2cc(Cl)ccc2Cl)N(C)C(=O)[C@H](CC(C)C)NC1=O. The minimum absolute atomic E-state index is 0.0176. The first-order valence-electron chi connectivity index (χ1n) is 20.6. The third-order valence-electron chi connectivity index (χ3n) is 11.4. The molecule has 0 spiro atoms. The molecule has 1 aromatic rings. The van der Waals surface area contributed by atoms with Crippen LogP contribution < -0.4 is 16.0 Å². The maximum atomic E-state index is 14.6. The molecule has 0 saturated carbocycles. The number of aliphatic hydroxyl groups is 1. The lowest BCUT2D eigenvalue weighted by molar-refractivity contribution is -0.250. The summed E-state index contributed by atoms with van der Waals surface area (Å²) >= 11 is 12.8. The van der Waals surface area contributed by atoms with Gasteiger partial charge in [0.15, 0.2) is 0 Å². The molecule has 2 heterocycles. The van der Waals surface area contributed by atoms with Gasteiger partial charge >= 0.3 is 6.18 Å². The van der Waals surface area contributed by atoms with Crippen molar-refractivity contribution in [3.8, 4) is 0 Å². The highest BCUT2D eigenvalue weighted by molar-refractivity contribution is 6.33. The van der Waals surface area contributed by atoms with Crippen LogP contribution in [0.15, 0.2) is 18.2 Å². The first kappa shape index (κ1) is 52.1. The largest absolute Gasteiger partial charge is 0.426 e. The fourth-order valence-corrected chi connectivity index (χ4v) is 7.90. The quantitative estimate of drug-likeness (QED) is 0.243. The van der Waals surface area contributed by atoms with Gasteiger partial charge in [0, 0.05) is 50.6 Å². The number of nitrogens with one attached hydrogen (secondary N) is 3. The molecule has 15 nitrogen and oxygen atoms in total. The summed E-state index contributed by atoms with van der Waals surface area (Å²) in [5.41, 5.74) is -3.48. The summed E-state index contributed by atoms with van der Waals surface area (Å²) in [6, 6.07) is -3.22. The maximum absolute atomic E-state index is 14.6. The summed E-state index contributed by atoms with van der Waals surface area (Å²) in [4.78, 5) is 101. The van der Waals surface area contributed by atoms with Gasteiger partial charge in [-0.3, -0.25) is 33.6 Å². The van der Waals surface area contributed by atoms with Crippen LogP contribution in [0, 0.1) is 5.92 Å². The highest BCUT2D eigenvalue weighted by Gasteiger charge is 2.59. The Bertz CT molecular complexity index is 1820. The fraction of sp³-hybridized carbons (Fsp3) is 0.683. The van der Waals surface area contributed by atoms with Crippen LogP contribution in [-0.2, 0) is 40.0 Å². The number of amides is 7. The number of halogens is 6. The van der Waals surface area contributed by atoms with Gasteiger partial charge in [-0.1, -0.05) is 50.9 Å². The molecule has 2 aliphatic heterocycles. The van der Waals surface area contributed by atoms with Gasteiger partial charge in [-0.05, 0) is 75.1 Å². The van der Waals surface area contributed by atoms with E-state index >= 15 is 0 Å². The molecule has 21 heteroatoms. The van der Waals surface area contributed by atoms with Gasteiger partial charge in [0.25, 0.3) is 5.91 Å². The molecule has 2 fully saturated rings. The molecule has 0 radical (unpaired) electrons. The van der Waals surface area contributed by atoms with Crippen molar-refractivity contribution in [2.45, 2.75) is 140 Å². The van der Waals surface area contributed by atoms with Gasteiger partial charge in [0.05, 0.1) is 6.54 Å². The minimum Gasteiger partial charge on any atom is -0.373 e. The molecule has 0 unspecified atom stereocenters. The van der Waals surface area contributed by atoms with Gasteiger partial charge < -0.3 is 40.7 Å². The number of likely N-dealkylation sites (N-methyl/N-ethyl adjacent to an activating group) is 3. The van der Waals surface area contributed by atoms with Gasteiger partial charge in [0.2, 0.25) is 41.0 Å². The molecule has 2 saturated heterocycles.